The van der Waals surface area contributed by atoms with Crippen LogP contribution in [-0.4, -0.2) is 23.3 Å². The molecule has 0 N–H and O–H groups in total. The van der Waals surface area contributed by atoms with Gasteiger partial charge in [0.05, 0.1) is 12.0 Å². The highest BCUT2D eigenvalue weighted by Gasteiger charge is 2.23. The van der Waals surface area contributed by atoms with Gasteiger partial charge in [0.2, 0.25) is 0 Å². The Morgan fingerprint density at radius 1 is 1.61 bits per heavy atom. The number of carbonyl (C=O) groups excluding carboxylic acids is 1. The molecule has 0 unspecified atom stereocenters. The molecular weight excluding hydrogens is 309 g/mol. The fourth-order valence-electron chi connectivity index (χ4n) is 1.30. The fourth-order valence-corrected chi connectivity index (χ4v) is 1.49. The van der Waals surface area contributed by atoms with Gasteiger partial charge in [0.15, 0.2) is 0 Å². The Morgan fingerprint density at radius 3 is 2.78 bits per heavy atom. The minimum absolute atomic E-state index is 0.0359. The van der Waals surface area contributed by atoms with Crippen LogP contribution in [0, 0.1) is 15.9 Å². The second-order valence-electron chi connectivity index (χ2n) is 3.20. The number of esters is 1. The first-order valence-electron chi connectivity index (χ1n) is 4.80. The Kier molecular flexibility index (Phi) is 4.96. The number of nitro benzene ring substituents is 1. The molecule has 0 aliphatic heterocycles. The molecule has 0 atom stereocenters. The largest absolute Gasteiger partial charge is 0.465 e. The Morgan fingerprint density at radius 2 is 2.28 bits per heavy atom. The van der Waals surface area contributed by atoms with Crippen molar-refractivity contribution in [1.29, 1.82) is 0 Å². The normalized spacial score (nSPS) is 10.6. The molecule has 1 rings (SSSR count). The van der Waals surface area contributed by atoms with Crippen molar-refractivity contribution in [2.45, 2.75) is 0 Å². The molecule has 0 saturated carbocycles. The number of nitrogens with zero attached hydrogens (tertiary/aromatic N) is 1. The zero-order valence-electron chi connectivity index (χ0n) is 9.35. The molecule has 0 radical (unpaired) electrons. The van der Waals surface area contributed by atoms with Crippen molar-refractivity contribution in [2.24, 2.45) is 0 Å². The number of rotatable bonds is 4. The van der Waals surface area contributed by atoms with Crippen molar-refractivity contribution in [3.05, 3.63) is 45.3 Å². The lowest BCUT2D eigenvalue weighted by atomic mass is 10.1. The van der Waals surface area contributed by atoms with Crippen LogP contribution in [0.2, 0.25) is 0 Å². The molecule has 18 heavy (non-hydrogen) atoms. The van der Waals surface area contributed by atoms with Gasteiger partial charge >= 0.3 is 5.97 Å². The number of allylic oxidation sites excluding steroid dienone is 1. The van der Waals surface area contributed by atoms with Gasteiger partial charge in [-0.3, -0.25) is 10.1 Å². The summed E-state index contributed by atoms with van der Waals surface area (Å²) < 4.78 is 18.0. The van der Waals surface area contributed by atoms with E-state index in [2.05, 4.69) is 20.7 Å². The average molecular weight is 318 g/mol. The maximum atomic E-state index is 13.6. The van der Waals surface area contributed by atoms with Crippen LogP contribution in [0.1, 0.15) is 15.9 Å². The van der Waals surface area contributed by atoms with Gasteiger partial charge in [-0.15, -0.1) is 0 Å². The van der Waals surface area contributed by atoms with E-state index in [1.165, 1.54) is 6.08 Å². The van der Waals surface area contributed by atoms with Crippen molar-refractivity contribution in [3.8, 4) is 0 Å². The van der Waals surface area contributed by atoms with Crippen LogP contribution >= 0.6 is 15.9 Å². The molecule has 0 amide bonds. The predicted molar refractivity (Wildman–Crippen MR) is 67.2 cm³/mol. The standard InChI is InChI=1S/C11H9BrFNO4/c1-18-11(15)8-6-9(13)7(3-2-4-12)5-10(8)14(16)17/h2-3,5-6H,4H2,1H3. The van der Waals surface area contributed by atoms with E-state index < -0.39 is 28.0 Å². The molecule has 5 nitrogen and oxygen atoms in total. The molecule has 96 valence electrons. The van der Waals surface area contributed by atoms with Gasteiger partial charge < -0.3 is 4.74 Å². The van der Waals surface area contributed by atoms with Crippen molar-refractivity contribution < 1.29 is 18.8 Å². The second kappa shape index (κ2) is 6.25. The number of nitro groups is 1. The van der Waals surface area contributed by atoms with Crippen LogP contribution in [0.5, 0.6) is 0 Å². The maximum absolute atomic E-state index is 13.6. The van der Waals surface area contributed by atoms with Crippen LogP contribution < -0.4 is 0 Å². The molecule has 1 aromatic rings. The number of hydrogen-bond acceptors (Lipinski definition) is 4. The molecule has 7 heteroatoms. The van der Waals surface area contributed by atoms with E-state index in [1.807, 2.05) is 0 Å². The van der Waals surface area contributed by atoms with Crippen molar-refractivity contribution in [2.75, 3.05) is 12.4 Å². The summed E-state index contributed by atoms with van der Waals surface area (Å²) in [7, 11) is 1.07. The van der Waals surface area contributed by atoms with Gasteiger partial charge in [0.1, 0.15) is 11.4 Å². The van der Waals surface area contributed by atoms with Crippen LogP contribution in [-0.2, 0) is 4.74 Å². The highest BCUT2D eigenvalue weighted by molar-refractivity contribution is 9.09. The number of ether oxygens (including phenoxy) is 1. The van der Waals surface area contributed by atoms with Gasteiger partial charge in [-0.2, -0.15) is 0 Å². The summed E-state index contributed by atoms with van der Waals surface area (Å²) in [5.74, 6) is -1.67. The van der Waals surface area contributed by atoms with E-state index in [0.717, 1.165) is 19.2 Å². The molecule has 0 spiro atoms. The van der Waals surface area contributed by atoms with E-state index in [-0.39, 0.29) is 5.56 Å². The van der Waals surface area contributed by atoms with E-state index in [9.17, 15) is 19.3 Å². The smallest absolute Gasteiger partial charge is 0.344 e. The predicted octanol–water partition coefficient (Wildman–Crippen LogP) is 2.93. The van der Waals surface area contributed by atoms with Crippen LogP contribution in [0.25, 0.3) is 6.08 Å². The lowest BCUT2D eigenvalue weighted by Crippen LogP contribution is -2.07. The minimum Gasteiger partial charge on any atom is -0.465 e. The SMILES string of the molecule is COC(=O)c1cc(F)c(C=CCBr)cc1[N+](=O)[O-]. The third-order valence-electron chi connectivity index (χ3n) is 2.10. The minimum atomic E-state index is -0.948. The summed E-state index contributed by atoms with van der Waals surface area (Å²) >= 11 is 3.11. The van der Waals surface area contributed by atoms with Crippen LogP contribution in [0.4, 0.5) is 10.1 Å². The van der Waals surface area contributed by atoms with Gasteiger partial charge in [-0.25, -0.2) is 9.18 Å². The zero-order valence-corrected chi connectivity index (χ0v) is 10.9. The zero-order chi connectivity index (χ0) is 13.7. The quantitative estimate of drug-likeness (QED) is 0.370. The molecule has 0 aliphatic carbocycles. The fraction of sp³-hybridized carbons (Fsp3) is 0.182. The van der Waals surface area contributed by atoms with Gasteiger partial charge in [0.25, 0.3) is 5.69 Å². The number of methoxy groups -OCH3 is 1. The summed E-state index contributed by atoms with van der Waals surface area (Å²) in [5, 5.41) is 11.3. The second-order valence-corrected chi connectivity index (χ2v) is 3.84. The van der Waals surface area contributed by atoms with E-state index >= 15 is 0 Å². The highest BCUT2D eigenvalue weighted by Crippen LogP contribution is 2.24. The summed E-state index contributed by atoms with van der Waals surface area (Å²) in [6.07, 6.45) is 2.97. The molecule has 0 bridgehead atoms. The number of carbonyl (C=O) groups is 1. The van der Waals surface area contributed by atoms with Crippen molar-refractivity contribution in [3.63, 3.8) is 0 Å². The molecule has 0 heterocycles. The molecule has 0 fully saturated rings. The Labute approximate surface area is 111 Å². The first-order valence-corrected chi connectivity index (χ1v) is 5.92. The van der Waals surface area contributed by atoms with Crippen molar-refractivity contribution >= 4 is 33.7 Å². The molecule has 1 aromatic carbocycles. The topological polar surface area (TPSA) is 69.4 Å². The van der Waals surface area contributed by atoms with Crippen LogP contribution in [0.15, 0.2) is 18.2 Å². The average Bonchev–Trinajstić information content (AvgIpc) is 2.35. The monoisotopic (exact) mass is 317 g/mol. The van der Waals surface area contributed by atoms with E-state index in [0.29, 0.717) is 5.33 Å². The first-order chi connectivity index (χ1) is 8.51. The Bertz CT molecular complexity index is 516. The third kappa shape index (κ3) is 3.13. The third-order valence-corrected chi connectivity index (χ3v) is 2.48. The molecule has 0 saturated heterocycles. The summed E-state index contributed by atoms with van der Waals surface area (Å²) in [6, 6.07) is 1.80. The molecular formula is C11H9BrFNO4. The maximum Gasteiger partial charge on any atom is 0.344 e. The highest BCUT2D eigenvalue weighted by atomic mass is 79.9. The number of alkyl halides is 1. The Balaban J connectivity index is 3.39. The lowest BCUT2D eigenvalue weighted by molar-refractivity contribution is -0.385. The Hall–Kier alpha value is -1.76. The number of benzene rings is 1. The first kappa shape index (κ1) is 14.3. The number of hydrogen-bond donors (Lipinski definition) is 0. The summed E-state index contributed by atoms with van der Waals surface area (Å²) in [4.78, 5) is 21.4. The van der Waals surface area contributed by atoms with Gasteiger partial charge in [-0.1, -0.05) is 28.1 Å². The van der Waals surface area contributed by atoms with Gasteiger partial charge in [-0.05, 0) is 6.07 Å². The summed E-state index contributed by atoms with van der Waals surface area (Å²) in [5.41, 5.74) is -0.859. The van der Waals surface area contributed by atoms with E-state index in [4.69, 9.17) is 0 Å². The number of halogens is 2. The van der Waals surface area contributed by atoms with Gasteiger partial charge in [0, 0.05) is 17.0 Å². The molecule has 0 aliphatic rings. The van der Waals surface area contributed by atoms with Crippen molar-refractivity contribution in [1.82, 2.24) is 0 Å². The van der Waals surface area contributed by atoms with Crippen LogP contribution in [0.3, 0.4) is 0 Å². The molecule has 0 aromatic heterocycles. The van der Waals surface area contributed by atoms with E-state index in [1.54, 1.807) is 6.08 Å². The summed E-state index contributed by atoms with van der Waals surface area (Å²) in [6.45, 7) is 0. The lowest BCUT2D eigenvalue weighted by Gasteiger charge is -2.03.